The van der Waals surface area contributed by atoms with Crippen molar-refractivity contribution in [3.63, 3.8) is 0 Å². The molecule has 0 bridgehead atoms. The number of ether oxygens (including phenoxy) is 6. The van der Waals surface area contributed by atoms with Gasteiger partial charge >= 0.3 is 12.2 Å². The van der Waals surface area contributed by atoms with Gasteiger partial charge in [-0.3, -0.25) is 0 Å². The number of cyclic esters (lactones) is 1. The van der Waals surface area contributed by atoms with Crippen LogP contribution in [0.15, 0.2) is 41.3 Å². The van der Waals surface area contributed by atoms with Crippen LogP contribution in [-0.4, -0.2) is 88.9 Å². The normalized spacial score (nSPS) is 16.2. The predicted octanol–water partition coefficient (Wildman–Crippen LogP) is 9.23. The molecule has 0 radical (unpaired) electrons. The Morgan fingerprint density at radius 1 is 0.949 bits per heavy atom. The van der Waals surface area contributed by atoms with Crippen molar-refractivity contribution >= 4 is 30.3 Å². The third-order valence-corrected chi connectivity index (χ3v) is 12.6. The second-order valence-corrected chi connectivity index (χ2v) is 25.0. The molecule has 4 rings (SSSR count). The van der Waals surface area contributed by atoms with Gasteiger partial charge in [0.2, 0.25) is 5.79 Å². The van der Waals surface area contributed by atoms with Gasteiger partial charge in [0.05, 0.1) is 24.7 Å². The minimum Gasteiger partial charge on any atom is -0.463 e. The molecule has 1 atom stereocenters. The van der Waals surface area contributed by atoms with Crippen LogP contribution in [-0.2, 0) is 40.3 Å². The van der Waals surface area contributed by atoms with Gasteiger partial charge in [-0.1, -0.05) is 69.2 Å². The molecular formula is C45H64N2O10SSi. The fourth-order valence-corrected chi connectivity index (χ4v) is 8.05. The zero-order valence-corrected chi connectivity index (χ0v) is 38.3. The Morgan fingerprint density at radius 2 is 1.64 bits per heavy atom. The monoisotopic (exact) mass is 852 g/mol. The molecule has 2 aliphatic rings. The number of rotatable bonds is 18. The summed E-state index contributed by atoms with van der Waals surface area (Å²) in [4.78, 5) is 27.5. The number of carbonyl (C=O) groups excluding carboxylic acids is 2. The third kappa shape index (κ3) is 15.8. The van der Waals surface area contributed by atoms with E-state index < -0.39 is 42.3 Å². The third-order valence-electron chi connectivity index (χ3n) is 9.25. The first kappa shape index (κ1) is 47.6. The molecule has 324 valence electrons. The van der Waals surface area contributed by atoms with Crippen molar-refractivity contribution in [2.24, 2.45) is 0 Å². The minimum absolute atomic E-state index is 0.118. The highest BCUT2D eigenvalue weighted by Gasteiger charge is 2.35. The summed E-state index contributed by atoms with van der Waals surface area (Å²) < 4.78 is 63.1. The molecule has 0 saturated carbocycles. The van der Waals surface area contributed by atoms with Crippen molar-refractivity contribution in [3.05, 3.63) is 58.7 Å². The van der Waals surface area contributed by atoms with E-state index in [1.807, 2.05) is 39.0 Å². The van der Waals surface area contributed by atoms with E-state index in [-0.39, 0.29) is 17.1 Å². The first-order valence-electron chi connectivity index (χ1n) is 20.7. The van der Waals surface area contributed by atoms with Gasteiger partial charge in [0.25, 0.3) is 10.0 Å². The van der Waals surface area contributed by atoms with Gasteiger partial charge in [-0.2, -0.15) is 4.31 Å². The topological polar surface area (TPSA) is 130 Å². The molecule has 0 aromatic heterocycles. The van der Waals surface area contributed by atoms with E-state index in [9.17, 15) is 18.0 Å². The van der Waals surface area contributed by atoms with E-state index in [1.54, 1.807) is 31.7 Å². The molecule has 1 saturated heterocycles. The van der Waals surface area contributed by atoms with E-state index in [2.05, 4.69) is 43.3 Å². The molecule has 2 aromatic carbocycles. The summed E-state index contributed by atoms with van der Waals surface area (Å²) in [6, 6.07) is 11.4. The van der Waals surface area contributed by atoms with Gasteiger partial charge < -0.3 is 33.3 Å². The first-order chi connectivity index (χ1) is 27.8. The van der Waals surface area contributed by atoms with Gasteiger partial charge in [0, 0.05) is 71.2 Å². The van der Waals surface area contributed by atoms with Crippen LogP contribution in [0.4, 0.5) is 9.59 Å². The molecule has 14 heteroatoms. The summed E-state index contributed by atoms with van der Waals surface area (Å²) in [6.45, 7) is 19.9. The molecule has 2 aliphatic heterocycles. The smallest absolute Gasteiger partial charge is 0.426 e. The van der Waals surface area contributed by atoms with E-state index in [0.29, 0.717) is 67.8 Å². The van der Waals surface area contributed by atoms with E-state index in [1.165, 1.54) is 12.1 Å². The number of unbranched alkanes of at least 4 members (excludes halogenated alkanes) is 4. The van der Waals surface area contributed by atoms with Crippen molar-refractivity contribution in [1.29, 1.82) is 0 Å². The van der Waals surface area contributed by atoms with E-state index >= 15 is 0 Å². The maximum absolute atomic E-state index is 14.0. The molecule has 0 spiro atoms. The summed E-state index contributed by atoms with van der Waals surface area (Å²) in [5, 5.41) is 0. The molecular weight excluding hydrogens is 789 g/mol. The molecule has 1 fully saturated rings. The molecule has 0 aliphatic carbocycles. The molecule has 12 nitrogen and oxygen atoms in total. The molecule has 0 unspecified atom stereocenters. The summed E-state index contributed by atoms with van der Waals surface area (Å²) in [7, 11) is -5.85. The lowest BCUT2D eigenvalue weighted by Crippen LogP contribution is -2.42. The van der Waals surface area contributed by atoms with Crippen LogP contribution in [0, 0.1) is 23.7 Å². The largest absolute Gasteiger partial charge is 0.463 e. The van der Waals surface area contributed by atoms with E-state index in [0.717, 1.165) is 55.0 Å². The Balaban J connectivity index is 1.25. The lowest BCUT2D eigenvalue weighted by molar-refractivity contribution is -0.180. The van der Waals surface area contributed by atoms with Crippen molar-refractivity contribution in [2.45, 2.75) is 141 Å². The van der Waals surface area contributed by atoms with Gasteiger partial charge in [0.1, 0.15) is 24.2 Å². The summed E-state index contributed by atoms with van der Waals surface area (Å²) in [5.41, 5.74) is 1.91. The average Bonchev–Trinajstić information content (AvgIpc) is 3.51. The molecule has 59 heavy (non-hydrogen) atoms. The molecule has 0 N–H and O–H groups in total. The number of benzene rings is 2. The second kappa shape index (κ2) is 21.5. The van der Waals surface area contributed by atoms with Crippen molar-refractivity contribution in [1.82, 2.24) is 9.21 Å². The number of hydrogen-bond acceptors (Lipinski definition) is 10. The molecule has 2 aromatic rings. The molecule has 2 heterocycles. The summed E-state index contributed by atoms with van der Waals surface area (Å²) in [6.07, 6.45) is 4.01. The summed E-state index contributed by atoms with van der Waals surface area (Å²) >= 11 is 0. The lowest BCUT2D eigenvalue weighted by atomic mass is 10.0. The highest BCUT2D eigenvalue weighted by molar-refractivity contribution is 7.89. The van der Waals surface area contributed by atoms with Crippen LogP contribution in [0.3, 0.4) is 0 Å². The lowest BCUT2D eigenvalue weighted by Gasteiger charge is -2.32. The number of carbonyl (C=O) groups is 2. The fraction of sp³-hybridized carbons (Fsp3) is 0.600. The zero-order valence-electron chi connectivity index (χ0n) is 36.5. The average molecular weight is 853 g/mol. The van der Waals surface area contributed by atoms with Gasteiger partial charge in [-0.25, -0.2) is 18.0 Å². The fourth-order valence-electron chi connectivity index (χ4n) is 6.04. The number of amides is 2. The van der Waals surface area contributed by atoms with Crippen molar-refractivity contribution in [2.75, 3.05) is 39.6 Å². The maximum atomic E-state index is 14.0. The standard InChI is InChI=1S/C45H64N2O10SSi/c1-10-11-14-19-35-28-36(30-39(29-35)58(50,51)47(43(49)57-44(2,3)4)34-53-26-27-59(7,8)9)20-15-18-25-52-24-17-13-12-16-23-46-32-41(55-42(46)48)37-21-22-40-38(31-37)33-54-45(5,6)56-40/h21-22,28-31,41H,10-13,16-18,23-27,32-34H2,1-9H3/t41-/m0/s1. The molecule has 2 amide bonds. The highest BCUT2D eigenvalue weighted by Crippen LogP contribution is 2.35. The van der Waals surface area contributed by atoms with Crippen LogP contribution < -0.4 is 4.74 Å². The number of fused-ring (bicyclic) bond motifs is 1. The van der Waals surface area contributed by atoms with Crippen LogP contribution in [0.2, 0.25) is 25.7 Å². The Bertz CT molecular complexity index is 1980. The van der Waals surface area contributed by atoms with Crippen molar-refractivity contribution in [3.8, 4) is 29.4 Å². The maximum Gasteiger partial charge on any atom is 0.426 e. The van der Waals surface area contributed by atoms with E-state index in [4.69, 9.17) is 28.4 Å². The number of sulfonamides is 1. The number of hydrogen-bond donors (Lipinski definition) is 0. The predicted molar refractivity (Wildman–Crippen MR) is 230 cm³/mol. The van der Waals surface area contributed by atoms with Gasteiger partial charge in [-0.15, -0.1) is 0 Å². The summed E-state index contributed by atoms with van der Waals surface area (Å²) in [5.74, 6) is 12.4. The first-order valence-corrected chi connectivity index (χ1v) is 25.9. The number of nitrogens with zero attached hydrogens (tertiary/aromatic N) is 2. The Hall–Kier alpha value is -4.05. The van der Waals surface area contributed by atoms with Crippen LogP contribution >= 0.6 is 0 Å². The van der Waals surface area contributed by atoms with Crippen molar-refractivity contribution < 1.29 is 46.4 Å². The highest BCUT2D eigenvalue weighted by atomic mass is 32.2. The van der Waals surface area contributed by atoms with Gasteiger partial charge in [-0.05, 0) is 82.0 Å². The van der Waals surface area contributed by atoms with Crippen LogP contribution in [0.5, 0.6) is 5.75 Å². The Morgan fingerprint density at radius 3 is 2.32 bits per heavy atom. The van der Waals surface area contributed by atoms with Crippen LogP contribution in [0.1, 0.15) is 115 Å². The zero-order chi connectivity index (χ0) is 43.3. The quantitative estimate of drug-likeness (QED) is 0.0619. The Kier molecular flexibility index (Phi) is 17.3. The van der Waals surface area contributed by atoms with Gasteiger partial charge in [0.15, 0.2) is 0 Å². The SMILES string of the molecule is CCCC#Cc1cc(C#CCCOCCCCCCN2C[C@@H](c3ccc4c(c3)COC(C)(C)O4)OC2=O)cc(S(=O)(=O)N(COCC[Si](C)(C)C)C(=O)OC(C)(C)C)c1. The Labute approximate surface area is 353 Å². The minimum atomic E-state index is -4.39. The second-order valence-electron chi connectivity index (χ2n) is 17.5. The van der Waals surface area contributed by atoms with Crippen LogP contribution in [0.25, 0.3) is 0 Å².